The van der Waals surface area contributed by atoms with Crippen LogP contribution >= 0.6 is 28.1 Å². The molecule has 0 saturated carbocycles. The Balaban J connectivity index is 2.37. The zero-order valence-electron chi connectivity index (χ0n) is 11.6. The first-order chi connectivity index (χ1) is 9.52. The standard InChI is InChI=1S/C14H15BrN4S/c1-4-18-13-12(9(3)17-18)16-14(20)19(13)10-6-5-8(2)11(15)7-10/h5-7H,4H2,1-3H3,(H,16,20). The van der Waals surface area contributed by atoms with Crippen molar-refractivity contribution in [1.82, 2.24) is 19.3 Å². The first-order valence-electron chi connectivity index (χ1n) is 6.47. The van der Waals surface area contributed by atoms with Crippen molar-refractivity contribution in [1.29, 1.82) is 0 Å². The molecule has 1 N–H and O–H groups in total. The van der Waals surface area contributed by atoms with E-state index in [0.717, 1.165) is 33.6 Å². The van der Waals surface area contributed by atoms with Gasteiger partial charge in [0.15, 0.2) is 10.4 Å². The molecular formula is C14H15BrN4S. The van der Waals surface area contributed by atoms with Gasteiger partial charge in [-0.2, -0.15) is 5.10 Å². The van der Waals surface area contributed by atoms with Crippen LogP contribution in [0.4, 0.5) is 0 Å². The number of aromatic amines is 1. The molecule has 0 amide bonds. The summed E-state index contributed by atoms with van der Waals surface area (Å²) < 4.78 is 5.78. The Kier molecular flexibility index (Phi) is 3.30. The second kappa shape index (κ2) is 4.86. The Morgan fingerprint density at radius 3 is 2.75 bits per heavy atom. The first kappa shape index (κ1) is 13.6. The fraction of sp³-hybridized carbons (Fsp3) is 0.286. The zero-order valence-corrected chi connectivity index (χ0v) is 14.0. The molecule has 2 aromatic heterocycles. The summed E-state index contributed by atoms with van der Waals surface area (Å²) in [6, 6.07) is 6.24. The van der Waals surface area contributed by atoms with E-state index in [4.69, 9.17) is 12.2 Å². The average Bonchev–Trinajstić information content (AvgIpc) is 2.90. The maximum Gasteiger partial charge on any atom is 0.184 e. The molecule has 0 unspecified atom stereocenters. The lowest BCUT2D eigenvalue weighted by molar-refractivity contribution is 0.661. The van der Waals surface area contributed by atoms with Gasteiger partial charge in [-0.3, -0.25) is 4.57 Å². The first-order valence-corrected chi connectivity index (χ1v) is 7.67. The maximum absolute atomic E-state index is 5.48. The van der Waals surface area contributed by atoms with Crippen molar-refractivity contribution >= 4 is 39.3 Å². The Morgan fingerprint density at radius 2 is 2.10 bits per heavy atom. The SMILES string of the molecule is CCn1nc(C)c2[nH]c(=S)n(-c3ccc(C)c(Br)c3)c21. The van der Waals surface area contributed by atoms with Crippen LogP contribution in [0.1, 0.15) is 18.2 Å². The predicted octanol–water partition coefficient (Wildman–Crippen LogP) is 4.28. The van der Waals surface area contributed by atoms with Crippen molar-refractivity contribution in [3.05, 3.63) is 38.7 Å². The van der Waals surface area contributed by atoms with E-state index in [9.17, 15) is 0 Å². The largest absolute Gasteiger partial charge is 0.327 e. The van der Waals surface area contributed by atoms with Crippen LogP contribution in [0.2, 0.25) is 0 Å². The number of imidazole rings is 1. The fourth-order valence-corrected chi connectivity index (χ4v) is 3.04. The number of aryl methyl sites for hydroxylation is 3. The van der Waals surface area contributed by atoms with Crippen molar-refractivity contribution in [2.45, 2.75) is 27.3 Å². The van der Waals surface area contributed by atoms with Crippen LogP contribution in [0.5, 0.6) is 0 Å². The number of fused-ring (bicyclic) bond motifs is 1. The van der Waals surface area contributed by atoms with E-state index in [0.29, 0.717) is 4.77 Å². The summed E-state index contributed by atoms with van der Waals surface area (Å²) in [5, 5.41) is 4.54. The van der Waals surface area contributed by atoms with Crippen molar-refractivity contribution in [2.24, 2.45) is 0 Å². The van der Waals surface area contributed by atoms with Gasteiger partial charge in [0.05, 0.1) is 11.4 Å². The summed E-state index contributed by atoms with van der Waals surface area (Å²) in [4.78, 5) is 3.26. The van der Waals surface area contributed by atoms with Crippen LogP contribution in [0.15, 0.2) is 22.7 Å². The number of hydrogen-bond donors (Lipinski definition) is 1. The number of rotatable bonds is 2. The zero-order chi connectivity index (χ0) is 14.4. The monoisotopic (exact) mass is 350 g/mol. The molecule has 0 radical (unpaired) electrons. The van der Waals surface area contributed by atoms with E-state index in [1.165, 1.54) is 5.56 Å². The van der Waals surface area contributed by atoms with Crippen LogP contribution in [0.25, 0.3) is 16.9 Å². The minimum Gasteiger partial charge on any atom is -0.327 e. The molecule has 2 heterocycles. The van der Waals surface area contributed by atoms with Gasteiger partial charge in [0, 0.05) is 11.0 Å². The number of aromatic nitrogens is 4. The van der Waals surface area contributed by atoms with Gasteiger partial charge in [0.25, 0.3) is 0 Å². The van der Waals surface area contributed by atoms with Crippen LogP contribution in [0.3, 0.4) is 0 Å². The van der Waals surface area contributed by atoms with Crippen molar-refractivity contribution in [2.75, 3.05) is 0 Å². The molecule has 0 spiro atoms. The van der Waals surface area contributed by atoms with Gasteiger partial charge in [-0.1, -0.05) is 22.0 Å². The lowest BCUT2D eigenvalue weighted by atomic mass is 10.2. The number of benzene rings is 1. The number of nitrogens with zero attached hydrogens (tertiary/aromatic N) is 3. The maximum atomic E-state index is 5.48. The Morgan fingerprint density at radius 1 is 1.35 bits per heavy atom. The van der Waals surface area contributed by atoms with E-state index in [-0.39, 0.29) is 0 Å². The number of halogens is 1. The summed E-state index contributed by atoms with van der Waals surface area (Å²) in [5.41, 5.74) is 5.23. The Bertz CT molecular complexity index is 856. The second-order valence-corrected chi connectivity index (χ2v) is 6.04. The van der Waals surface area contributed by atoms with Crippen molar-refractivity contribution < 1.29 is 0 Å². The Hall–Kier alpha value is -1.40. The minimum atomic E-state index is 0.693. The van der Waals surface area contributed by atoms with Crippen LogP contribution in [-0.2, 0) is 6.54 Å². The lowest BCUT2D eigenvalue weighted by Gasteiger charge is -2.08. The van der Waals surface area contributed by atoms with Gasteiger partial charge in [-0.25, -0.2) is 4.68 Å². The molecular weight excluding hydrogens is 336 g/mol. The minimum absolute atomic E-state index is 0.693. The van der Waals surface area contributed by atoms with Crippen molar-refractivity contribution in [3.8, 4) is 5.69 Å². The molecule has 0 aliphatic carbocycles. The molecule has 0 atom stereocenters. The summed E-state index contributed by atoms with van der Waals surface area (Å²) in [6.07, 6.45) is 0. The van der Waals surface area contributed by atoms with E-state index in [1.807, 2.05) is 16.2 Å². The van der Waals surface area contributed by atoms with E-state index >= 15 is 0 Å². The molecule has 0 bridgehead atoms. The topological polar surface area (TPSA) is 38.5 Å². The molecule has 0 aliphatic heterocycles. The smallest absolute Gasteiger partial charge is 0.184 e. The molecule has 3 rings (SSSR count). The molecule has 0 saturated heterocycles. The third kappa shape index (κ3) is 1.94. The van der Waals surface area contributed by atoms with Gasteiger partial charge in [-0.15, -0.1) is 0 Å². The van der Waals surface area contributed by atoms with Crippen LogP contribution in [-0.4, -0.2) is 19.3 Å². The second-order valence-electron chi connectivity index (χ2n) is 4.80. The number of H-pyrrole nitrogens is 1. The highest BCUT2D eigenvalue weighted by atomic mass is 79.9. The Labute approximate surface area is 130 Å². The highest BCUT2D eigenvalue weighted by molar-refractivity contribution is 9.10. The van der Waals surface area contributed by atoms with E-state index in [1.54, 1.807) is 0 Å². The predicted molar refractivity (Wildman–Crippen MR) is 87.1 cm³/mol. The average molecular weight is 351 g/mol. The molecule has 3 aromatic rings. The normalized spacial score (nSPS) is 11.4. The molecule has 20 heavy (non-hydrogen) atoms. The van der Waals surface area contributed by atoms with E-state index in [2.05, 4.69) is 58.1 Å². The van der Waals surface area contributed by atoms with Gasteiger partial charge < -0.3 is 4.98 Å². The molecule has 4 nitrogen and oxygen atoms in total. The molecule has 104 valence electrons. The summed E-state index contributed by atoms with van der Waals surface area (Å²) >= 11 is 9.06. The molecule has 6 heteroatoms. The summed E-state index contributed by atoms with van der Waals surface area (Å²) in [7, 11) is 0. The third-order valence-electron chi connectivity index (χ3n) is 3.46. The van der Waals surface area contributed by atoms with Crippen LogP contribution in [0, 0.1) is 18.6 Å². The summed E-state index contributed by atoms with van der Waals surface area (Å²) in [5.74, 6) is 0. The highest BCUT2D eigenvalue weighted by Gasteiger charge is 2.15. The lowest BCUT2D eigenvalue weighted by Crippen LogP contribution is -2.03. The molecule has 0 fully saturated rings. The van der Waals surface area contributed by atoms with Gasteiger partial charge in [-0.05, 0) is 50.7 Å². The molecule has 0 aliphatic rings. The third-order valence-corrected chi connectivity index (χ3v) is 4.60. The number of nitrogens with one attached hydrogen (secondary N) is 1. The van der Waals surface area contributed by atoms with Gasteiger partial charge >= 0.3 is 0 Å². The van der Waals surface area contributed by atoms with Crippen molar-refractivity contribution in [3.63, 3.8) is 0 Å². The van der Waals surface area contributed by atoms with Gasteiger partial charge in [0.1, 0.15) is 5.52 Å². The van der Waals surface area contributed by atoms with Gasteiger partial charge in [0.2, 0.25) is 0 Å². The number of hydrogen-bond acceptors (Lipinski definition) is 2. The van der Waals surface area contributed by atoms with E-state index < -0.39 is 0 Å². The summed E-state index contributed by atoms with van der Waals surface area (Å²) in [6.45, 7) is 6.96. The van der Waals surface area contributed by atoms with Crippen LogP contribution < -0.4 is 0 Å². The highest BCUT2D eigenvalue weighted by Crippen LogP contribution is 2.25. The quantitative estimate of drug-likeness (QED) is 0.700. The molecule has 1 aromatic carbocycles. The fourth-order valence-electron chi connectivity index (χ4n) is 2.38.